The van der Waals surface area contributed by atoms with E-state index in [4.69, 9.17) is 28.4 Å². The Kier molecular flexibility index (Phi) is 8.95. The number of imidazole rings is 2. The van der Waals surface area contributed by atoms with Crippen molar-refractivity contribution in [2.75, 3.05) is 0 Å². The summed E-state index contributed by atoms with van der Waals surface area (Å²) < 4.78 is 20.9. The lowest BCUT2D eigenvalue weighted by molar-refractivity contribution is 0.630. The molecule has 0 saturated heterocycles. The van der Waals surface area contributed by atoms with Crippen LogP contribution in [0.1, 0.15) is 77.8 Å². The summed E-state index contributed by atoms with van der Waals surface area (Å²) in [5, 5.41) is 0. The normalized spacial score (nSPS) is 14.0. The molecule has 2 aromatic carbocycles. The van der Waals surface area contributed by atoms with Gasteiger partial charge in [0.1, 0.15) is 11.4 Å². The molecule has 236 valence electrons. The van der Waals surface area contributed by atoms with Gasteiger partial charge in [0.25, 0.3) is 0 Å². The number of fused-ring (bicyclic) bond motifs is 2. The van der Waals surface area contributed by atoms with Crippen molar-refractivity contribution in [1.82, 2.24) is 29.1 Å². The molecule has 2 saturated carbocycles. The lowest BCUT2D eigenvalue weighted by Crippen LogP contribution is -2.00. The first kappa shape index (κ1) is 31.5. The summed E-state index contributed by atoms with van der Waals surface area (Å²) in [6, 6.07) is 17.4. The highest BCUT2D eigenvalue weighted by molar-refractivity contribution is 7.51. The van der Waals surface area contributed by atoms with E-state index in [1.165, 1.54) is 59.1 Å². The van der Waals surface area contributed by atoms with Gasteiger partial charge in [0, 0.05) is 26.5 Å². The molecular formula is C37H40N6O2S. The molecule has 0 amide bonds. The molecule has 46 heavy (non-hydrogen) atoms. The molecule has 0 unspecified atom stereocenters. The molecule has 9 heteroatoms. The third kappa shape index (κ3) is 6.42. The second-order valence-electron chi connectivity index (χ2n) is 12.7. The third-order valence-corrected chi connectivity index (χ3v) is 9.06. The summed E-state index contributed by atoms with van der Waals surface area (Å²) in [6.45, 7) is 8.54. The van der Waals surface area contributed by atoms with E-state index in [9.17, 15) is 0 Å². The van der Waals surface area contributed by atoms with Crippen LogP contribution in [0.2, 0.25) is 0 Å². The Hall–Kier alpha value is -4.50. The predicted octanol–water partition coefficient (Wildman–Crippen LogP) is 7.84. The minimum absolute atomic E-state index is 0.744. The molecule has 0 bridgehead atoms. The zero-order valence-corrected chi connectivity index (χ0v) is 28.2. The van der Waals surface area contributed by atoms with Crippen LogP contribution in [0.15, 0.2) is 60.9 Å². The van der Waals surface area contributed by atoms with Gasteiger partial charge in [0.2, 0.25) is 0 Å². The maximum absolute atomic E-state index is 8.29. The lowest BCUT2D eigenvalue weighted by atomic mass is 10.1. The molecular weight excluding hydrogens is 593 g/mol. The fraction of sp³-hybridized carbons (Fsp3) is 0.351. The van der Waals surface area contributed by atoms with E-state index in [1.54, 1.807) is 0 Å². The number of aryl methyl sites for hydroxylation is 6. The third-order valence-electron chi connectivity index (χ3n) is 9.06. The van der Waals surface area contributed by atoms with Crippen LogP contribution < -0.4 is 0 Å². The number of pyridine rings is 2. The molecule has 4 aromatic heterocycles. The zero-order valence-electron chi connectivity index (χ0n) is 27.4. The molecule has 2 fully saturated rings. The fourth-order valence-corrected chi connectivity index (χ4v) is 6.15. The summed E-state index contributed by atoms with van der Waals surface area (Å²) in [5.41, 5.74) is 14.2. The topological polar surface area (TPSA) is 95.6 Å². The Balaban J connectivity index is 0.000000149. The molecule has 0 spiro atoms. The van der Waals surface area contributed by atoms with Gasteiger partial charge in [-0.25, -0.2) is 9.97 Å². The van der Waals surface area contributed by atoms with Crippen molar-refractivity contribution in [2.45, 2.75) is 71.6 Å². The Labute approximate surface area is 273 Å². The van der Waals surface area contributed by atoms with E-state index < -0.39 is 11.6 Å². The van der Waals surface area contributed by atoms with Crippen molar-refractivity contribution in [3.8, 4) is 23.0 Å². The molecule has 0 aliphatic heterocycles. The molecule has 0 N–H and O–H groups in total. The minimum atomic E-state index is -0.750. The lowest BCUT2D eigenvalue weighted by Gasteiger charge is -2.09. The van der Waals surface area contributed by atoms with Gasteiger partial charge in [0.15, 0.2) is 11.6 Å². The largest absolute Gasteiger partial charge is 0.335 e. The minimum Gasteiger partial charge on any atom is -0.326 e. The molecule has 6 aromatic rings. The monoisotopic (exact) mass is 632 g/mol. The van der Waals surface area contributed by atoms with Crippen molar-refractivity contribution in [2.24, 2.45) is 14.1 Å². The summed E-state index contributed by atoms with van der Waals surface area (Å²) >= 11 is -0.750. The maximum Gasteiger partial charge on any atom is 0.335 e. The average molecular weight is 633 g/mol. The highest BCUT2D eigenvalue weighted by atomic mass is 32.1. The van der Waals surface area contributed by atoms with E-state index in [1.807, 2.05) is 6.20 Å². The number of rotatable bonds is 5. The Morgan fingerprint density at radius 1 is 0.696 bits per heavy atom. The van der Waals surface area contributed by atoms with Crippen LogP contribution in [0, 0.1) is 20.8 Å². The van der Waals surface area contributed by atoms with Crippen LogP contribution in [0.3, 0.4) is 0 Å². The Morgan fingerprint density at radius 2 is 1.15 bits per heavy atom. The van der Waals surface area contributed by atoms with E-state index in [0.717, 1.165) is 63.4 Å². The Bertz CT molecular complexity index is 2100. The molecule has 2 aliphatic carbocycles. The standard InChI is InChI=1S/C19H21N3.C18H19N3.O2S/c1-4-13-10-15(14-6-7-14)11-20-18(13)19-21-16-9-12(2)5-8-17(16)22(19)3;1-11-4-7-16-15(8-11)20-18(21(16)3)17-12(2)9-14(10-19-17)13-5-6-13;1-3-2/h5,8-11,14H,4,6-7H2,1-3H3;4,7-10,13H,5-6H2,1-3H3;. The predicted molar refractivity (Wildman–Crippen MR) is 184 cm³/mol. The number of benzene rings is 2. The van der Waals surface area contributed by atoms with E-state index in [-0.39, 0.29) is 0 Å². The molecule has 4 heterocycles. The van der Waals surface area contributed by atoms with Crippen LogP contribution in [0.4, 0.5) is 0 Å². The van der Waals surface area contributed by atoms with Crippen molar-refractivity contribution in [1.29, 1.82) is 0 Å². The van der Waals surface area contributed by atoms with Gasteiger partial charge >= 0.3 is 11.6 Å². The van der Waals surface area contributed by atoms with Crippen LogP contribution in [0.25, 0.3) is 45.1 Å². The Morgan fingerprint density at radius 3 is 1.61 bits per heavy atom. The van der Waals surface area contributed by atoms with Gasteiger partial charge in [-0.05, 0) is 122 Å². The van der Waals surface area contributed by atoms with E-state index in [2.05, 4.69) is 106 Å². The number of aromatic nitrogens is 6. The fourth-order valence-electron chi connectivity index (χ4n) is 6.15. The van der Waals surface area contributed by atoms with E-state index in [0.29, 0.717) is 0 Å². The first-order chi connectivity index (χ1) is 22.2. The number of hydrogen-bond donors (Lipinski definition) is 0. The maximum atomic E-state index is 8.29. The smallest absolute Gasteiger partial charge is 0.326 e. The average Bonchev–Trinajstić information content (AvgIpc) is 3.98. The van der Waals surface area contributed by atoms with Crippen molar-refractivity contribution in [3.63, 3.8) is 0 Å². The highest BCUT2D eigenvalue weighted by Gasteiger charge is 2.26. The summed E-state index contributed by atoms with van der Waals surface area (Å²) in [7, 11) is 4.14. The molecule has 0 radical (unpaired) electrons. The van der Waals surface area contributed by atoms with Crippen LogP contribution in [-0.4, -0.2) is 37.5 Å². The van der Waals surface area contributed by atoms with Gasteiger partial charge in [-0.1, -0.05) is 31.2 Å². The first-order valence-corrected chi connectivity index (χ1v) is 16.6. The SMILES string of the molecule is CCc1cc(C2CC2)cnc1-c1nc2cc(C)ccc2n1C.Cc1ccc2c(c1)nc(-c1ncc(C3CC3)cc1C)n2C.O=S=O. The van der Waals surface area contributed by atoms with Gasteiger partial charge in [-0.3, -0.25) is 9.97 Å². The van der Waals surface area contributed by atoms with E-state index >= 15 is 0 Å². The van der Waals surface area contributed by atoms with Gasteiger partial charge in [-0.2, -0.15) is 8.42 Å². The van der Waals surface area contributed by atoms with Crippen LogP contribution >= 0.6 is 0 Å². The second kappa shape index (κ2) is 13.1. The van der Waals surface area contributed by atoms with Crippen molar-refractivity contribution in [3.05, 3.63) is 94.3 Å². The zero-order chi connectivity index (χ0) is 32.5. The molecule has 8 nitrogen and oxygen atoms in total. The van der Waals surface area contributed by atoms with Crippen LogP contribution in [0.5, 0.6) is 0 Å². The molecule has 0 atom stereocenters. The highest BCUT2D eigenvalue weighted by Crippen LogP contribution is 2.41. The van der Waals surface area contributed by atoms with Crippen molar-refractivity contribution >= 4 is 33.6 Å². The van der Waals surface area contributed by atoms with Crippen LogP contribution in [-0.2, 0) is 32.1 Å². The quantitative estimate of drug-likeness (QED) is 0.192. The first-order valence-electron chi connectivity index (χ1n) is 16.0. The van der Waals surface area contributed by atoms with Crippen molar-refractivity contribution < 1.29 is 8.42 Å². The number of hydrogen-bond acceptors (Lipinski definition) is 6. The summed E-state index contributed by atoms with van der Waals surface area (Å²) in [6.07, 6.45) is 10.3. The molecule has 2 aliphatic rings. The molecule has 8 rings (SSSR count). The summed E-state index contributed by atoms with van der Waals surface area (Å²) in [5.74, 6) is 3.42. The summed E-state index contributed by atoms with van der Waals surface area (Å²) in [4.78, 5) is 19.1. The van der Waals surface area contributed by atoms with Gasteiger partial charge in [0.05, 0.1) is 22.1 Å². The number of nitrogens with zero attached hydrogens (tertiary/aromatic N) is 6. The van der Waals surface area contributed by atoms with Gasteiger partial charge in [-0.15, -0.1) is 0 Å². The van der Waals surface area contributed by atoms with Gasteiger partial charge < -0.3 is 9.13 Å². The second-order valence-corrected chi connectivity index (χ2v) is 12.8.